The minimum Gasteiger partial charge on any atom is -0.496 e. The highest BCUT2D eigenvalue weighted by Gasteiger charge is 2.17. The van der Waals surface area contributed by atoms with Crippen LogP contribution in [-0.4, -0.2) is 26.9 Å². The van der Waals surface area contributed by atoms with Crippen molar-refractivity contribution in [1.82, 2.24) is 0 Å². The van der Waals surface area contributed by atoms with Crippen LogP contribution in [0.25, 0.3) is 0 Å². The van der Waals surface area contributed by atoms with E-state index in [1.165, 1.54) is 0 Å². The molecule has 0 fully saturated rings. The van der Waals surface area contributed by atoms with Crippen molar-refractivity contribution in [3.8, 4) is 17.2 Å². The van der Waals surface area contributed by atoms with Crippen LogP contribution in [0.3, 0.4) is 0 Å². The molecule has 0 aliphatic heterocycles. The van der Waals surface area contributed by atoms with Gasteiger partial charge in [0.1, 0.15) is 17.2 Å². The Kier molecular flexibility index (Phi) is 4.84. The van der Waals surface area contributed by atoms with Gasteiger partial charge in [0.05, 0.1) is 21.3 Å². The van der Waals surface area contributed by atoms with Gasteiger partial charge in [0, 0.05) is 23.2 Å². The molecule has 0 unspecified atom stereocenters. The molecule has 0 aliphatic rings. The van der Waals surface area contributed by atoms with E-state index in [4.69, 9.17) is 19.9 Å². The Balaban J connectivity index is 3.07. The molecule has 2 N–H and O–H groups in total. The molecule has 0 radical (unpaired) electrons. The molecular formula is C14H23NO3. The molecular weight excluding hydrogens is 230 g/mol. The number of benzene rings is 1. The Hall–Kier alpha value is -1.42. The summed E-state index contributed by atoms with van der Waals surface area (Å²) < 4.78 is 16.0. The lowest BCUT2D eigenvalue weighted by molar-refractivity contribution is 0.364. The second-order valence-electron chi connectivity index (χ2n) is 5.00. The Bertz CT molecular complexity index is 372. The van der Waals surface area contributed by atoms with Crippen LogP contribution < -0.4 is 19.9 Å². The highest BCUT2D eigenvalue weighted by molar-refractivity contribution is 5.50. The summed E-state index contributed by atoms with van der Waals surface area (Å²) in [6.45, 7) is 4.02. The zero-order valence-electron chi connectivity index (χ0n) is 11.9. The number of hydrogen-bond acceptors (Lipinski definition) is 4. The highest BCUT2D eigenvalue weighted by Crippen LogP contribution is 2.35. The van der Waals surface area contributed by atoms with E-state index in [1.807, 2.05) is 26.0 Å². The summed E-state index contributed by atoms with van der Waals surface area (Å²) in [6.07, 6.45) is 1.66. The summed E-state index contributed by atoms with van der Waals surface area (Å²) in [4.78, 5) is 0. The van der Waals surface area contributed by atoms with Crippen LogP contribution in [0.1, 0.15) is 25.8 Å². The third-order valence-corrected chi connectivity index (χ3v) is 2.84. The van der Waals surface area contributed by atoms with Gasteiger partial charge in [-0.2, -0.15) is 0 Å². The first kappa shape index (κ1) is 14.6. The van der Waals surface area contributed by atoms with Crippen molar-refractivity contribution >= 4 is 0 Å². The van der Waals surface area contributed by atoms with Crippen molar-refractivity contribution in [2.24, 2.45) is 5.73 Å². The molecule has 0 aromatic heterocycles. The monoisotopic (exact) mass is 253 g/mol. The average molecular weight is 253 g/mol. The Morgan fingerprint density at radius 2 is 1.50 bits per heavy atom. The number of rotatable bonds is 6. The molecule has 0 bridgehead atoms. The Morgan fingerprint density at radius 3 is 1.83 bits per heavy atom. The molecule has 4 heteroatoms. The lowest BCUT2D eigenvalue weighted by Gasteiger charge is -2.20. The fraction of sp³-hybridized carbons (Fsp3) is 0.571. The van der Waals surface area contributed by atoms with Gasteiger partial charge in [0.15, 0.2) is 0 Å². The quantitative estimate of drug-likeness (QED) is 0.845. The maximum absolute atomic E-state index is 6.02. The van der Waals surface area contributed by atoms with Crippen LogP contribution in [0.2, 0.25) is 0 Å². The molecule has 1 rings (SSSR count). The molecule has 0 aliphatic carbocycles. The SMILES string of the molecule is COc1cc(OC)c(CCC(C)(C)N)c(OC)c1. The predicted octanol–water partition coefficient (Wildman–Crippen LogP) is 2.38. The lowest BCUT2D eigenvalue weighted by Crippen LogP contribution is -2.32. The molecule has 0 heterocycles. The van der Waals surface area contributed by atoms with Crippen molar-refractivity contribution in [3.63, 3.8) is 0 Å². The Morgan fingerprint density at radius 1 is 1.00 bits per heavy atom. The van der Waals surface area contributed by atoms with Crippen LogP contribution in [0.15, 0.2) is 12.1 Å². The maximum Gasteiger partial charge on any atom is 0.129 e. The van der Waals surface area contributed by atoms with E-state index < -0.39 is 0 Å². The second kappa shape index (κ2) is 5.96. The Labute approximate surface area is 109 Å². The first-order valence-corrected chi connectivity index (χ1v) is 5.99. The fourth-order valence-electron chi connectivity index (χ4n) is 1.77. The number of hydrogen-bond donors (Lipinski definition) is 1. The average Bonchev–Trinajstić information content (AvgIpc) is 2.34. The molecule has 0 atom stereocenters. The first-order valence-electron chi connectivity index (χ1n) is 5.99. The van der Waals surface area contributed by atoms with Crippen LogP contribution in [-0.2, 0) is 6.42 Å². The molecule has 102 valence electrons. The van der Waals surface area contributed by atoms with Gasteiger partial charge < -0.3 is 19.9 Å². The van der Waals surface area contributed by atoms with Gasteiger partial charge in [-0.25, -0.2) is 0 Å². The van der Waals surface area contributed by atoms with Crippen molar-refractivity contribution < 1.29 is 14.2 Å². The van der Waals surface area contributed by atoms with Crippen LogP contribution in [0.4, 0.5) is 0 Å². The summed E-state index contributed by atoms with van der Waals surface area (Å²) in [5.41, 5.74) is 6.83. The van der Waals surface area contributed by atoms with Crippen molar-refractivity contribution in [1.29, 1.82) is 0 Å². The fourth-order valence-corrected chi connectivity index (χ4v) is 1.77. The van der Waals surface area contributed by atoms with E-state index in [-0.39, 0.29) is 5.54 Å². The van der Waals surface area contributed by atoms with E-state index in [9.17, 15) is 0 Å². The molecule has 1 aromatic rings. The third-order valence-electron chi connectivity index (χ3n) is 2.84. The molecule has 0 saturated carbocycles. The summed E-state index contributed by atoms with van der Waals surface area (Å²) in [6, 6.07) is 3.72. The van der Waals surface area contributed by atoms with Gasteiger partial charge in [-0.3, -0.25) is 0 Å². The molecule has 1 aromatic carbocycles. The number of nitrogens with two attached hydrogens (primary N) is 1. The molecule has 0 amide bonds. The van der Waals surface area contributed by atoms with E-state index in [1.54, 1.807) is 21.3 Å². The molecule has 4 nitrogen and oxygen atoms in total. The standard InChI is InChI=1S/C14H23NO3/c1-14(2,15)7-6-11-12(17-4)8-10(16-3)9-13(11)18-5/h8-9H,6-7,15H2,1-5H3. The van der Waals surface area contributed by atoms with Gasteiger partial charge >= 0.3 is 0 Å². The van der Waals surface area contributed by atoms with Gasteiger partial charge in [-0.1, -0.05) is 0 Å². The zero-order valence-corrected chi connectivity index (χ0v) is 11.9. The van der Waals surface area contributed by atoms with Gasteiger partial charge in [0.25, 0.3) is 0 Å². The van der Waals surface area contributed by atoms with Gasteiger partial charge in [-0.15, -0.1) is 0 Å². The minimum absolute atomic E-state index is 0.212. The summed E-state index contributed by atoms with van der Waals surface area (Å²) in [5, 5.41) is 0. The lowest BCUT2D eigenvalue weighted by atomic mass is 9.95. The molecule has 18 heavy (non-hydrogen) atoms. The van der Waals surface area contributed by atoms with Crippen molar-refractivity contribution in [2.75, 3.05) is 21.3 Å². The van der Waals surface area contributed by atoms with E-state index in [2.05, 4.69) is 0 Å². The third kappa shape index (κ3) is 3.81. The topological polar surface area (TPSA) is 53.7 Å². The molecule has 0 spiro atoms. The smallest absolute Gasteiger partial charge is 0.129 e. The zero-order chi connectivity index (χ0) is 13.8. The maximum atomic E-state index is 6.02. The summed E-state index contributed by atoms with van der Waals surface area (Å²) in [7, 11) is 4.91. The highest BCUT2D eigenvalue weighted by atomic mass is 16.5. The second-order valence-corrected chi connectivity index (χ2v) is 5.00. The van der Waals surface area contributed by atoms with Crippen LogP contribution in [0.5, 0.6) is 17.2 Å². The van der Waals surface area contributed by atoms with E-state index in [0.717, 1.165) is 35.7 Å². The number of ether oxygens (including phenoxy) is 3. The van der Waals surface area contributed by atoms with Gasteiger partial charge in [-0.05, 0) is 26.7 Å². The predicted molar refractivity (Wildman–Crippen MR) is 72.7 cm³/mol. The van der Waals surface area contributed by atoms with Crippen molar-refractivity contribution in [3.05, 3.63) is 17.7 Å². The van der Waals surface area contributed by atoms with Gasteiger partial charge in [0.2, 0.25) is 0 Å². The van der Waals surface area contributed by atoms with E-state index >= 15 is 0 Å². The minimum atomic E-state index is -0.212. The van der Waals surface area contributed by atoms with Crippen LogP contribution >= 0.6 is 0 Å². The normalized spacial score (nSPS) is 11.2. The first-order chi connectivity index (χ1) is 8.41. The summed E-state index contributed by atoms with van der Waals surface area (Å²) >= 11 is 0. The largest absolute Gasteiger partial charge is 0.496 e. The van der Waals surface area contributed by atoms with Crippen molar-refractivity contribution in [2.45, 2.75) is 32.2 Å². The number of methoxy groups -OCH3 is 3. The summed E-state index contributed by atoms with van der Waals surface area (Å²) in [5.74, 6) is 2.27. The molecule has 0 saturated heterocycles. The van der Waals surface area contributed by atoms with Crippen LogP contribution in [0, 0.1) is 0 Å². The van der Waals surface area contributed by atoms with E-state index in [0.29, 0.717) is 0 Å².